The molecule has 11 nitrogen and oxygen atoms in total. The van der Waals surface area contributed by atoms with Crippen LogP contribution >= 0.6 is 23.1 Å². The fraction of sp³-hybridized carbons (Fsp3) is 0.208. The lowest BCUT2D eigenvalue weighted by molar-refractivity contribution is -0.113. The maximum Gasteiger partial charge on any atom is 0.281 e. The van der Waals surface area contributed by atoms with Gasteiger partial charge in [0.25, 0.3) is 5.91 Å². The number of carbonyl (C=O) groups is 2. The Hall–Kier alpha value is -4.17. The van der Waals surface area contributed by atoms with E-state index in [0.29, 0.717) is 33.8 Å². The number of nitrogens with one attached hydrogen (secondary N) is 2. The molecule has 2 aromatic heterocycles. The summed E-state index contributed by atoms with van der Waals surface area (Å²) in [6.45, 7) is 2.49. The van der Waals surface area contributed by atoms with Crippen molar-refractivity contribution >= 4 is 45.7 Å². The summed E-state index contributed by atoms with van der Waals surface area (Å²) in [5.41, 5.74) is 1.21. The molecule has 2 amide bonds. The summed E-state index contributed by atoms with van der Waals surface area (Å²) in [4.78, 5) is 25.3. The van der Waals surface area contributed by atoms with E-state index in [-0.39, 0.29) is 40.8 Å². The van der Waals surface area contributed by atoms with E-state index in [9.17, 15) is 14.0 Å². The van der Waals surface area contributed by atoms with Crippen molar-refractivity contribution in [2.24, 2.45) is 0 Å². The average Bonchev–Trinajstić information content (AvgIpc) is 3.66. The molecule has 2 aromatic carbocycles. The van der Waals surface area contributed by atoms with Crippen LogP contribution in [0.2, 0.25) is 0 Å². The number of rotatable bonds is 10. The zero-order valence-corrected chi connectivity index (χ0v) is 21.6. The van der Waals surface area contributed by atoms with Crippen molar-refractivity contribution in [3.63, 3.8) is 0 Å². The van der Waals surface area contributed by atoms with Crippen LogP contribution in [0.25, 0.3) is 5.69 Å². The van der Waals surface area contributed by atoms with Crippen molar-refractivity contribution in [2.45, 2.75) is 17.7 Å². The van der Waals surface area contributed by atoms with Crippen molar-refractivity contribution in [1.82, 2.24) is 20.0 Å². The van der Waals surface area contributed by atoms with Crippen LogP contribution in [0.5, 0.6) is 17.2 Å². The van der Waals surface area contributed by atoms with E-state index in [0.717, 1.165) is 17.8 Å². The average molecular weight is 557 g/mol. The molecule has 0 unspecified atom stereocenters. The lowest BCUT2D eigenvalue weighted by Crippen LogP contribution is -2.14. The van der Waals surface area contributed by atoms with E-state index in [1.165, 1.54) is 28.6 Å². The highest BCUT2D eigenvalue weighted by atomic mass is 32.2. The lowest BCUT2D eigenvalue weighted by Gasteiger charge is -2.05. The van der Waals surface area contributed by atoms with Gasteiger partial charge in [0.05, 0.1) is 24.2 Å². The van der Waals surface area contributed by atoms with E-state index in [1.54, 1.807) is 36.5 Å². The summed E-state index contributed by atoms with van der Waals surface area (Å²) in [6, 6.07) is 10.9. The minimum Gasteiger partial charge on any atom is -0.489 e. The number of carbonyl (C=O) groups excluding carboxylic acids is 2. The Kier molecular flexibility index (Phi) is 7.70. The van der Waals surface area contributed by atoms with Crippen LogP contribution in [0.4, 0.5) is 15.2 Å². The summed E-state index contributed by atoms with van der Waals surface area (Å²) in [5, 5.41) is 18.0. The molecule has 0 saturated carbocycles. The minimum absolute atomic E-state index is 0.0512. The highest BCUT2D eigenvalue weighted by Gasteiger charge is 2.21. The number of fused-ring (bicyclic) bond motifs is 1. The first-order valence-corrected chi connectivity index (χ1v) is 13.2. The largest absolute Gasteiger partial charge is 0.489 e. The number of ether oxygens (including phenoxy) is 3. The molecule has 1 aliphatic rings. The summed E-state index contributed by atoms with van der Waals surface area (Å²) < 4.78 is 31.5. The maximum absolute atomic E-state index is 13.3. The fourth-order valence-electron chi connectivity index (χ4n) is 3.33. The molecular formula is C24H21FN6O5S2. The summed E-state index contributed by atoms with van der Waals surface area (Å²) >= 11 is 2.31. The third-order valence-electron chi connectivity index (χ3n) is 5.06. The molecule has 5 rings (SSSR count). The predicted molar refractivity (Wildman–Crippen MR) is 139 cm³/mol. The van der Waals surface area contributed by atoms with Crippen LogP contribution in [0, 0.1) is 5.82 Å². The molecule has 4 aromatic rings. The Bertz CT molecular complexity index is 1460. The van der Waals surface area contributed by atoms with Gasteiger partial charge in [0, 0.05) is 11.8 Å². The Labute approximate surface area is 224 Å². The first-order chi connectivity index (χ1) is 18.5. The van der Waals surface area contributed by atoms with Gasteiger partial charge in [0.2, 0.25) is 17.8 Å². The van der Waals surface area contributed by atoms with Crippen molar-refractivity contribution in [1.29, 1.82) is 0 Å². The molecule has 14 heteroatoms. The third kappa shape index (κ3) is 6.03. The summed E-state index contributed by atoms with van der Waals surface area (Å²) in [7, 11) is 0. The lowest BCUT2D eigenvalue weighted by atomic mass is 10.3. The van der Waals surface area contributed by atoms with Crippen LogP contribution in [-0.4, -0.2) is 50.9 Å². The zero-order valence-electron chi connectivity index (χ0n) is 20.0. The smallest absolute Gasteiger partial charge is 0.281 e. The van der Waals surface area contributed by atoms with Crippen LogP contribution < -0.4 is 24.8 Å². The quantitative estimate of drug-likeness (QED) is 0.216. The number of anilines is 2. The first-order valence-electron chi connectivity index (χ1n) is 11.4. The molecule has 0 spiro atoms. The number of halogens is 1. The van der Waals surface area contributed by atoms with Crippen LogP contribution in [-0.2, 0) is 4.79 Å². The molecule has 0 atom stereocenters. The van der Waals surface area contributed by atoms with Gasteiger partial charge < -0.3 is 19.5 Å². The van der Waals surface area contributed by atoms with Gasteiger partial charge >= 0.3 is 0 Å². The zero-order chi connectivity index (χ0) is 26.5. The molecule has 0 radical (unpaired) electrons. The molecule has 196 valence electrons. The van der Waals surface area contributed by atoms with Crippen molar-refractivity contribution < 1.29 is 28.2 Å². The molecular weight excluding hydrogens is 535 g/mol. The summed E-state index contributed by atoms with van der Waals surface area (Å²) in [5.74, 6) is 0.431. The van der Waals surface area contributed by atoms with Crippen LogP contribution in [0.3, 0.4) is 0 Å². The van der Waals surface area contributed by atoms with Gasteiger partial charge in [0.1, 0.15) is 5.82 Å². The molecule has 0 saturated heterocycles. The minimum atomic E-state index is -0.537. The maximum atomic E-state index is 13.3. The van der Waals surface area contributed by atoms with Crippen LogP contribution in [0.1, 0.15) is 23.8 Å². The van der Waals surface area contributed by atoms with Gasteiger partial charge in [-0.25, -0.2) is 9.07 Å². The van der Waals surface area contributed by atoms with E-state index in [4.69, 9.17) is 14.2 Å². The molecule has 38 heavy (non-hydrogen) atoms. The number of hydrogen-bond acceptors (Lipinski definition) is 10. The van der Waals surface area contributed by atoms with E-state index < -0.39 is 5.91 Å². The Morgan fingerprint density at radius 1 is 1.13 bits per heavy atom. The van der Waals surface area contributed by atoms with Crippen molar-refractivity contribution in [3.8, 4) is 22.9 Å². The molecule has 1 aliphatic heterocycles. The molecule has 0 bridgehead atoms. The van der Waals surface area contributed by atoms with Gasteiger partial charge in [-0.05, 0) is 42.8 Å². The second kappa shape index (κ2) is 11.5. The second-order valence-corrected chi connectivity index (χ2v) is 10.0. The second-order valence-electron chi connectivity index (χ2n) is 7.84. The van der Waals surface area contributed by atoms with Gasteiger partial charge in [-0.2, -0.15) is 5.10 Å². The Morgan fingerprint density at radius 2 is 1.95 bits per heavy atom. The van der Waals surface area contributed by atoms with Crippen LogP contribution in [0.15, 0.2) is 53.0 Å². The number of hydrogen-bond donors (Lipinski definition) is 2. The predicted octanol–water partition coefficient (Wildman–Crippen LogP) is 4.36. The molecule has 2 N–H and O–H groups in total. The van der Waals surface area contributed by atoms with Gasteiger partial charge in [-0.1, -0.05) is 30.0 Å². The van der Waals surface area contributed by atoms with Crippen molar-refractivity contribution in [3.05, 3.63) is 60.2 Å². The number of amides is 2. The van der Waals surface area contributed by atoms with Gasteiger partial charge in [-0.3, -0.25) is 14.9 Å². The SMILES string of the molecule is CCCOc1cn(-c2ccc(F)cc2)nc1C(=O)Nc1nnc(SCC(=O)Nc2ccc3c(c2)OCO3)s1. The van der Waals surface area contributed by atoms with Gasteiger partial charge in [-0.15, -0.1) is 10.2 Å². The highest BCUT2D eigenvalue weighted by Crippen LogP contribution is 2.34. The van der Waals surface area contributed by atoms with E-state index in [1.807, 2.05) is 6.92 Å². The Morgan fingerprint density at radius 3 is 2.76 bits per heavy atom. The topological polar surface area (TPSA) is 129 Å². The number of thioether (sulfide) groups is 1. The fourth-order valence-corrected chi connectivity index (χ4v) is 4.88. The highest BCUT2D eigenvalue weighted by molar-refractivity contribution is 8.01. The van der Waals surface area contributed by atoms with E-state index in [2.05, 4.69) is 25.9 Å². The standard InChI is InChI=1S/C24H21FN6O5S2/c1-2-9-34-19-11-31(16-6-3-14(25)4-7-16)30-21(19)22(33)27-23-28-29-24(38-23)37-12-20(32)26-15-5-8-17-18(10-15)36-13-35-17/h3-8,10-11H,2,9,12-13H2,1H3,(H,26,32)(H,27,28,33). The number of benzene rings is 2. The van der Waals surface area contributed by atoms with Crippen molar-refractivity contribution in [2.75, 3.05) is 29.8 Å². The molecule has 0 fully saturated rings. The molecule has 0 aliphatic carbocycles. The van der Waals surface area contributed by atoms with E-state index >= 15 is 0 Å². The first kappa shape index (κ1) is 25.5. The Balaban J connectivity index is 1.20. The normalized spacial score (nSPS) is 11.8. The number of nitrogens with zero attached hydrogens (tertiary/aromatic N) is 4. The van der Waals surface area contributed by atoms with Gasteiger partial charge in [0.15, 0.2) is 27.3 Å². The summed E-state index contributed by atoms with van der Waals surface area (Å²) in [6.07, 6.45) is 2.31. The monoisotopic (exact) mass is 556 g/mol. The number of aromatic nitrogens is 4. The molecule has 3 heterocycles. The third-order valence-corrected chi connectivity index (χ3v) is 7.03.